The van der Waals surface area contributed by atoms with E-state index in [9.17, 15) is 9.59 Å². The molecule has 1 aromatic rings. The molecule has 0 aromatic heterocycles. The standard InChI is InChI=1S/C15H22N2O3/c1-3-10(2)14(16)15(20)17-12(9-13(18)19)11-7-5-4-6-8-11/h4-8,10,12,14H,3,9,16H2,1-2H3,(H,17,20)(H,18,19)/t10-,12?,14-/m0/s1. The summed E-state index contributed by atoms with van der Waals surface area (Å²) in [6.45, 7) is 3.86. The molecule has 0 aliphatic rings. The highest BCUT2D eigenvalue weighted by atomic mass is 16.4. The van der Waals surface area contributed by atoms with Crippen LogP contribution in [-0.4, -0.2) is 23.0 Å². The van der Waals surface area contributed by atoms with Gasteiger partial charge in [0.15, 0.2) is 0 Å². The van der Waals surface area contributed by atoms with E-state index in [1.54, 1.807) is 12.1 Å². The Hall–Kier alpha value is -1.88. The third kappa shape index (κ3) is 4.66. The van der Waals surface area contributed by atoms with Gasteiger partial charge in [-0.2, -0.15) is 0 Å². The zero-order valence-electron chi connectivity index (χ0n) is 11.9. The summed E-state index contributed by atoms with van der Waals surface area (Å²) >= 11 is 0. The second-order valence-electron chi connectivity index (χ2n) is 4.98. The van der Waals surface area contributed by atoms with Crippen molar-refractivity contribution in [2.75, 3.05) is 0 Å². The maximum Gasteiger partial charge on any atom is 0.305 e. The minimum Gasteiger partial charge on any atom is -0.481 e. The predicted molar refractivity (Wildman–Crippen MR) is 77.0 cm³/mol. The van der Waals surface area contributed by atoms with Crippen LogP contribution in [0.5, 0.6) is 0 Å². The van der Waals surface area contributed by atoms with Crippen LogP contribution in [0.15, 0.2) is 30.3 Å². The summed E-state index contributed by atoms with van der Waals surface area (Å²) in [7, 11) is 0. The molecule has 110 valence electrons. The van der Waals surface area contributed by atoms with Crippen molar-refractivity contribution in [3.05, 3.63) is 35.9 Å². The molecule has 0 saturated carbocycles. The van der Waals surface area contributed by atoms with E-state index in [2.05, 4.69) is 5.32 Å². The van der Waals surface area contributed by atoms with Gasteiger partial charge in [-0.3, -0.25) is 9.59 Å². The van der Waals surface area contributed by atoms with E-state index in [-0.39, 0.29) is 18.2 Å². The molecule has 0 fully saturated rings. The Kier molecular flexibility index (Phi) is 6.18. The number of carbonyl (C=O) groups excluding carboxylic acids is 1. The molecule has 20 heavy (non-hydrogen) atoms. The molecule has 1 rings (SSSR count). The lowest BCUT2D eigenvalue weighted by Crippen LogP contribution is -2.46. The van der Waals surface area contributed by atoms with E-state index in [1.807, 2.05) is 32.0 Å². The van der Waals surface area contributed by atoms with Crippen LogP contribution >= 0.6 is 0 Å². The number of carboxylic acids is 1. The number of amides is 1. The van der Waals surface area contributed by atoms with Crippen molar-refractivity contribution >= 4 is 11.9 Å². The van der Waals surface area contributed by atoms with Gasteiger partial charge in [-0.25, -0.2) is 0 Å². The quantitative estimate of drug-likeness (QED) is 0.707. The number of hydrogen-bond donors (Lipinski definition) is 3. The molecular formula is C15H22N2O3. The van der Waals surface area contributed by atoms with Crippen molar-refractivity contribution in [2.45, 2.75) is 38.8 Å². The van der Waals surface area contributed by atoms with E-state index in [0.29, 0.717) is 0 Å². The Balaban J connectivity index is 2.80. The Morgan fingerprint density at radius 3 is 2.40 bits per heavy atom. The van der Waals surface area contributed by atoms with Crippen LogP contribution in [0.25, 0.3) is 0 Å². The molecule has 1 unspecified atom stereocenters. The summed E-state index contributed by atoms with van der Waals surface area (Å²) < 4.78 is 0. The van der Waals surface area contributed by atoms with Crippen LogP contribution < -0.4 is 11.1 Å². The number of hydrogen-bond acceptors (Lipinski definition) is 3. The Bertz CT molecular complexity index is 448. The summed E-state index contributed by atoms with van der Waals surface area (Å²) in [5.41, 5.74) is 6.63. The molecular weight excluding hydrogens is 256 g/mol. The van der Waals surface area contributed by atoms with Crippen LogP contribution in [-0.2, 0) is 9.59 Å². The lowest BCUT2D eigenvalue weighted by Gasteiger charge is -2.22. The minimum absolute atomic E-state index is 0.0521. The molecule has 0 radical (unpaired) electrons. The fourth-order valence-electron chi connectivity index (χ4n) is 1.89. The SMILES string of the molecule is CC[C@H](C)[C@H](N)C(=O)NC(CC(=O)O)c1ccccc1. The molecule has 0 aliphatic heterocycles. The molecule has 0 saturated heterocycles. The number of carboxylic acid groups (broad SMARTS) is 1. The summed E-state index contributed by atoms with van der Waals surface area (Å²) in [6, 6.07) is 7.87. The van der Waals surface area contributed by atoms with Crippen molar-refractivity contribution in [3.8, 4) is 0 Å². The van der Waals surface area contributed by atoms with Gasteiger partial charge >= 0.3 is 5.97 Å². The molecule has 4 N–H and O–H groups in total. The largest absolute Gasteiger partial charge is 0.481 e. The third-order valence-corrected chi connectivity index (χ3v) is 3.46. The van der Waals surface area contributed by atoms with E-state index in [1.165, 1.54) is 0 Å². The summed E-state index contributed by atoms with van der Waals surface area (Å²) in [6.07, 6.45) is 0.631. The summed E-state index contributed by atoms with van der Waals surface area (Å²) in [4.78, 5) is 23.0. The Morgan fingerprint density at radius 1 is 1.30 bits per heavy atom. The van der Waals surface area contributed by atoms with Crippen LogP contribution in [0.2, 0.25) is 0 Å². The molecule has 3 atom stereocenters. The number of rotatable bonds is 7. The first-order valence-electron chi connectivity index (χ1n) is 6.78. The van der Waals surface area contributed by atoms with Gasteiger partial charge in [-0.05, 0) is 11.5 Å². The molecule has 0 bridgehead atoms. The van der Waals surface area contributed by atoms with Gasteiger partial charge in [0, 0.05) is 0 Å². The number of nitrogens with one attached hydrogen (secondary N) is 1. The molecule has 5 nitrogen and oxygen atoms in total. The van der Waals surface area contributed by atoms with Gasteiger partial charge < -0.3 is 16.2 Å². The van der Waals surface area contributed by atoms with Gasteiger partial charge in [0.25, 0.3) is 0 Å². The fraction of sp³-hybridized carbons (Fsp3) is 0.467. The van der Waals surface area contributed by atoms with Gasteiger partial charge in [-0.1, -0.05) is 50.6 Å². The first kappa shape index (κ1) is 16.2. The van der Waals surface area contributed by atoms with E-state index < -0.39 is 18.1 Å². The highest BCUT2D eigenvalue weighted by Gasteiger charge is 2.24. The smallest absolute Gasteiger partial charge is 0.305 e. The monoisotopic (exact) mass is 278 g/mol. The maximum absolute atomic E-state index is 12.1. The van der Waals surface area contributed by atoms with E-state index in [4.69, 9.17) is 10.8 Å². The Morgan fingerprint density at radius 2 is 1.90 bits per heavy atom. The molecule has 1 aromatic carbocycles. The molecule has 5 heteroatoms. The molecule has 1 amide bonds. The van der Waals surface area contributed by atoms with Gasteiger partial charge in [-0.15, -0.1) is 0 Å². The van der Waals surface area contributed by atoms with Crippen LogP contribution in [0, 0.1) is 5.92 Å². The first-order chi connectivity index (χ1) is 9.45. The van der Waals surface area contributed by atoms with Crippen molar-refractivity contribution < 1.29 is 14.7 Å². The molecule has 0 spiro atoms. The second kappa shape index (κ2) is 7.65. The minimum atomic E-state index is -0.962. The average Bonchev–Trinajstić information content (AvgIpc) is 2.45. The van der Waals surface area contributed by atoms with Crippen LogP contribution in [0.3, 0.4) is 0 Å². The number of benzene rings is 1. The highest BCUT2D eigenvalue weighted by Crippen LogP contribution is 2.17. The number of aliphatic carboxylic acids is 1. The molecule has 0 aliphatic carbocycles. The Labute approximate surface area is 119 Å². The van der Waals surface area contributed by atoms with Gasteiger partial charge in [0.2, 0.25) is 5.91 Å². The lowest BCUT2D eigenvalue weighted by molar-refractivity contribution is -0.137. The van der Waals surface area contributed by atoms with Gasteiger partial charge in [0.05, 0.1) is 18.5 Å². The summed E-state index contributed by atoms with van der Waals surface area (Å²) in [5, 5.41) is 11.7. The second-order valence-corrected chi connectivity index (χ2v) is 4.98. The van der Waals surface area contributed by atoms with Crippen molar-refractivity contribution in [1.82, 2.24) is 5.32 Å². The predicted octanol–water partition coefficient (Wildman–Crippen LogP) is 1.69. The van der Waals surface area contributed by atoms with Crippen LogP contribution in [0.4, 0.5) is 0 Å². The van der Waals surface area contributed by atoms with Gasteiger partial charge in [0.1, 0.15) is 0 Å². The molecule has 0 heterocycles. The van der Waals surface area contributed by atoms with E-state index >= 15 is 0 Å². The summed E-state index contributed by atoms with van der Waals surface area (Å²) in [5.74, 6) is -1.22. The van der Waals surface area contributed by atoms with Crippen molar-refractivity contribution in [3.63, 3.8) is 0 Å². The van der Waals surface area contributed by atoms with Crippen LogP contribution in [0.1, 0.15) is 38.3 Å². The number of carbonyl (C=O) groups is 2. The fourth-order valence-corrected chi connectivity index (χ4v) is 1.89. The topological polar surface area (TPSA) is 92.4 Å². The average molecular weight is 278 g/mol. The zero-order chi connectivity index (χ0) is 15.1. The number of nitrogens with two attached hydrogens (primary N) is 1. The highest BCUT2D eigenvalue weighted by molar-refractivity contribution is 5.82. The first-order valence-corrected chi connectivity index (χ1v) is 6.78. The maximum atomic E-state index is 12.1. The third-order valence-electron chi connectivity index (χ3n) is 3.46. The zero-order valence-corrected chi connectivity index (χ0v) is 11.9. The normalized spacial score (nSPS) is 15.2. The van der Waals surface area contributed by atoms with Crippen molar-refractivity contribution in [2.24, 2.45) is 11.7 Å². The van der Waals surface area contributed by atoms with Crippen molar-refractivity contribution in [1.29, 1.82) is 0 Å². The lowest BCUT2D eigenvalue weighted by atomic mass is 9.97. The van der Waals surface area contributed by atoms with E-state index in [0.717, 1.165) is 12.0 Å².